The minimum atomic E-state index is -0.520. The smallest absolute Gasteiger partial charge is 0.337 e. The highest BCUT2D eigenvalue weighted by atomic mass is 32.1. The second-order valence-electron chi connectivity index (χ2n) is 6.01. The van der Waals surface area contributed by atoms with Gasteiger partial charge in [-0.2, -0.15) is 5.26 Å². The largest absolute Gasteiger partial charge is 0.465 e. The highest BCUT2D eigenvalue weighted by Crippen LogP contribution is 2.37. The molecule has 0 atom stereocenters. The van der Waals surface area contributed by atoms with Crippen molar-refractivity contribution in [2.24, 2.45) is 0 Å². The molecule has 1 aliphatic rings. The molecule has 0 spiro atoms. The number of rotatable bonds is 3. The molecule has 0 saturated heterocycles. The minimum Gasteiger partial charge on any atom is -0.465 e. The number of carbonyl (C=O) groups excluding carboxylic acids is 2. The Hall–Kier alpha value is -2.76. The van der Waals surface area contributed by atoms with Gasteiger partial charge in [0.25, 0.3) is 5.91 Å². The monoisotopic (exact) mass is 399 g/mol. The fourth-order valence-corrected chi connectivity index (χ4v) is 4.49. The van der Waals surface area contributed by atoms with Crippen molar-refractivity contribution in [3.63, 3.8) is 0 Å². The number of hydrogen-bond acceptors (Lipinski definition) is 6. The standard InChI is InChI=1S/C19H17N3O3S2/c1-25-18(24)12-6-4-5-11(9-12)16(23)21-19(26)22-17-14(10-20)13-7-2-3-8-15(13)27-17/h4-6,9H,2-3,7-8H2,1H3,(H2,21,22,23,26). The van der Waals surface area contributed by atoms with Crippen LogP contribution in [-0.4, -0.2) is 24.1 Å². The van der Waals surface area contributed by atoms with Crippen LogP contribution in [0.25, 0.3) is 0 Å². The predicted molar refractivity (Wildman–Crippen MR) is 107 cm³/mol. The first-order chi connectivity index (χ1) is 13.0. The highest BCUT2D eigenvalue weighted by molar-refractivity contribution is 7.80. The van der Waals surface area contributed by atoms with Crippen LogP contribution in [-0.2, 0) is 17.6 Å². The van der Waals surface area contributed by atoms with Crippen molar-refractivity contribution in [1.29, 1.82) is 5.26 Å². The first kappa shape index (κ1) is 19.0. The number of anilines is 1. The van der Waals surface area contributed by atoms with Crippen molar-refractivity contribution in [1.82, 2.24) is 5.32 Å². The molecule has 1 aliphatic carbocycles. The summed E-state index contributed by atoms with van der Waals surface area (Å²) in [4.78, 5) is 25.2. The first-order valence-electron chi connectivity index (χ1n) is 8.39. The lowest BCUT2D eigenvalue weighted by atomic mass is 9.96. The zero-order valence-corrected chi connectivity index (χ0v) is 16.3. The second kappa shape index (κ2) is 8.29. The van der Waals surface area contributed by atoms with Crippen LogP contribution in [0.5, 0.6) is 0 Å². The van der Waals surface area contributed by atoms with Gasteiger partial charge in [-0.3, -0.25) is 10.1 Å². The fourth-order valence-electron chi connectivity index (χ4n) is 2.99. The molecule has 27 heavy (non-hydrogen) atoms. The number of benzene rings is 1. The Morgan fingerprint density at radius 1 is 1.26 bits per heavy atom. The zero-order chi connectivity index (χ0) is 19.4. The molecule has 6 nitrogen and oxygen atoms in total. The average molecular weight is 399 g/mol. The Morgan fingerprint density at radius 3 is 2.74 bits per heavy atom. The van der Waals surface area contributed by atoms with E-state index in [1.54, 1.807) is 18.2 Å². The molecule has 138 valence electrons. The zero-order valence-electron chi connectivity index (χ0n) is 14.6. The van der Waals surface area contributed by atoms with E-state index in [4.69, 9.17) is 12.2 Å². The van der Waals surface area contributed by atoms with Gasteiger partial charge in [0.15, 0.2) is 5.11 Å². The number of fused-ring (bicyclic) bond motifs is 1. The number of amides is 1. The van der Waals surface area contributed by atoms with Gasteiger partial charge in [-0.15, -0.1) is 11.3 Å². The van der Waals surface area contributed by atoms with Crippen LogP contribution in [0, 0.1) is 11.3 Å². The molecule has 2 aromatic rings. The number of carbonyl (C=O) groups is 2. The molecule has 2 N–H and O–H groups in total. The van der Waals surface area contributed by atoms with E-state index in [9.17, 15) is 14.9 Å². The summed E-state index contributed by atoms with van der Waals surface area (Å²) >= 11 is 6.74. The number of nitrogens with one attached hydrogen (secondary N) is 2. The van der Waals surface area contributed by atoms with Crippen LogP contribution in [0.2, 0.25) is 0 Å². The van der Waals surface area contributed by atoms with Crippen molar-refractivity contribution < 1.29 is 14.3 Å². The molecule has 1 amide bonds. The number of thiophene rings is 1. The molecule has 1 aromatic heterocycles. The summed E-state index contributed by atoms with van der Waals surface area (Å²) in [6, 6.07) is 8.42. The summed E-state index contributed by atoms with van der Waals surface area (Å²) in [6.07, 6.45) is 4.07. The summed E-state index contributed by atoms with van der Waals surface area (Å²) in [5.41, 5.74) is 2.27. The number of thiocarbonyl (C=S) groups is 1. The van der Waals surface area contributed by atoms with E-state index in [2.05, 4.69) is 21.4 Å². The van der Waals surface area contributed by atoms with Gasteiger partial charge in [0.2, 0.25) is 0 Å². The first-order valence-corrected chi connectivity index (χ1v) is 9.61. The molecule has 1 aromatic carbocycles. The molecular formula is C19H17N3O3S2. The van der Waals surface area contributed by atoms with Crippen LogP contribution >= 0.6 is 23.6 Å². The Morgan fingerprint density at radius 2 is 2.00 bits per heavy atom. The van der Waals surface area contributed by atoms with Crippen molar-refractivity contribution >= 4 is 45.5 Å². The quantitative estimate of drug-likeness (QED) is 0.607. The molecular weight excluding hydrogens is 382 g/mol. The lowest BCUT2D eigenvalue weighted by molar-refractivity contribution is 0.0600. The van der Waals surface area contributed by atoms with Crippen molar-refractivity contribution in [3.8, 4) is 6.07 Å². The maximum Gasteiger partial charge on any atom is 0.337 e. The summed E-state index contributed by atoms with van der Waals surface area (Å²) in [7, 11) is 1.28. The predicted octanol–water partition coefficient (Wildman–Crippen LogP) is 3.41. The van der Waals surface area contributed by atoms with E-state index in [1.807, 2.05) is 0 Å². The normalized spacial score (nSPS) is 12.4. The third kappa shape index (κ3) is 4.15. The summed E-state index contributed by atoms with van der Waals surface area (Å²) < 4.78 is 4.66. The molecule has 3 rings (SSSR count). The van der Waals surface area contributed by atoms with Gasteiger partial charge in [0.1, 0.15) is 11.1 Å². The summed E-state index contributed by atoms with van der Waals surface area (Å²) in [5.74, 6) is -0.966. The maximum absolute atomic E-state index is 12.4. The maximum atomic E-state index is 12.4. The third-order valence-corrected chi connectivity index (χ3v) is 5.69. The average Bonchev–Trinajstić information content (AvgIpc) is 3.04. The van der Waals surface area contributed by atoms with Gasteiger partial charge >= 0.3 is 5.97 Å². The third-order valence-electron chi connectivity index (χ3n) is 4.28. The van der Waals surface area contributed by atoms with Gasteiger partial charge in [-0.1, -0.05) is 6.07 Å². The fraction of sp³-hybridized carbons (Fsp3) is 0.263. The molecule has 0 aliphatic heterocycles. The molecule has 1 heterocycles. The van der Waals surface area contributed by atoms with Gasteiger partial charge in [0.05, 0.1) is 18.2 Å². The minimum absolute atomic E-state index is 0.110. The molecule has 8 heteroatoms. The topological polar surface area (TPSA) is 91.2 Å². The van der Waals surface area contributed by atoms with Crippen LogP contribution in [0.1, 0.15) is 49.6 Å². The number of methoxy groups -OCH3 is 1. The van der Waals surface area contributed by atoms with Crippen LogP contribution in [0.15, 0.2) is 24.3 Å². The number of hydrogen-bond donors (Lipinski definition) is 2. The summed E-state index contributed by atoms with van der Waals surface area (Å²) in [5, 5.41) is 15.8. The lowest BCUT2D eigenvalue weighted by Gasteiger charge is -2.10. The Kier molecular flexibility index (Phi) is 5.84. The van der Waals surface area contributed by atoms with Crippen molar-refractivity contribution in [2.75, 3.05) is 12.4 Å². The molecule has 0 unspecified atom stereocenters. The Labute approximate surface area is 166 Å². The number of esters is 1. The van der Waals surface area contributed by atoms with Crippen LogP contribution in [0.3, 0.4) is 0 Å². The SMILES string of the molecule is COC(=O)c1cccc(C(=O)NC(=S)Nc2sc3c(c2C#N)CCCC3)c1. The van der Waals surface area contributed by atoms with Gasteiger partial charge in [-0.05, 0) is 61.7 Å². The highest BCUT2D eigenvalue weighted by Gasteiger charge is 2.21. The van der Waals surface area contributed by atoms with E-state index >= 15 is 0 Å². The molecule has 0 radical (unpaired) electrons. The van der Waals surface area contributed by atoms with E-state index in [0.29, 0.717) is 10.6 Å². The Balaban J connectivity index is 1.71. The number of ether oxygens (including phenoxy) is 1. The molecule has 0 fully saturated rings. The number of aryl methyl sites for hydroxylation is 1. The van der Waals surface area contributed by atoms with E-state index in [-0.39, 0.29) is 16.2 Å². The van der Waals surface area contributed by atoms with Crippen molar-refractivity contribution in [3.05, 3.63) is 51.4 Å². The lowest BCUT2D eigenvalue weighted by Crippen LogP contribution is -2.34. The molecule has 0 bridgehead atoms. The van der Waals surface area contributed by atoms with Gasteiger partial charge < -0.3 is 10.1 Å². The van der Waals surface area contributed by atoms with E-state index in [0.717, 1.165) is 31.2 Å². The number of nitrogens with zero attached hydrogens (tertiary/aromatic N) is 1. The molecule has 0 saturated carbocycles. The van der Waals surface area contributed by atoms with E-state index < -0.39 is 11.9 Å². The van der Waals surface area contributed by atoms with Gasteiger partial charge in [0, 0.05) is 10.4 Å². The number of nitriles is 1. The van der Waals surface area contributed by atoms with Crippen molar-refractivity contribution in [2.45, 2.75) is 25.7 Å². The Bertz CT molecular complexity index is 960. The van der Waals surface area contributed by atoms with E-state index in [1.165, 1.54) is 29.4 Å². The van der Waals surface area contributed by atoms with Crippen LogP contribution < -0.4 is 10.6 Å². The second-order valence-corrected chi connectivity index (χ2v) is 7.52. The summed E-state index contributed by atoms with van der Waals surface area (Å²) in [6.45, 7) is 0. The van der Waals surface area contributed by atoms with Crippen LogP contribution in [0.4, 0.5) is 5.00 Å². The van der Waals surface area contributed by atoms with Gasteiger partial charge in [-0.25, -0.2) is 4.79 Å².